The minimum absolute atomic E-state index is 0.0176. The van der Waals surface area contributed by atoms with Crippen LogP contribution in [0.3, 0.4) is 0 Å². The fraction of sp³-hybridized carbons (Fsp3) is 0.941. The van der Waals surface area contributed by atoms with Crippen LogP contribution in [0.15, 0.2) is 0 Å². The standard InChI is InChI=1S/C17H30O3S/c1-3-5-7-17(4-2,15(18)19)14-6-10-20-16(13-14)8-11-21-12-9-16/h14H,3-13H2,1-2H3,(H,18,19). The number of aliphatic carboxylic acids is 1. The van der Waals surface area contributed by atoms with Crippen LogP contribution in [0.1, 0.15) is 65.2 Å². The maximum absolute atomic E-state index is 12.1. The first kappa shape index (κ1) is 17.1. The average molecular weight is 314 g/mol. The van der Waals surface area contributed by atoms with E-state index in [4.69, 9.17) is 4.74 Å². The van der Waals surface area contributed by atoms with Gasteiger partial charge in [0.05, 0.1) is 11.0 Å². The lowest BCUT2D eigenvalue weighted by atomic mass is 9.63. The van der Waals surface area contributed by atoms with Crippen molar-refractivity contribution in [3.05, 3.63) is 0 Å². The van der Waals surface area contributed by atoms with E-state index in [1.165, 1.54) is 0 Å². The van der Waals surface area contributed by atoms with E-state index in [0.717, 1.165) is 69.5 Å². The van der Waals surface area contributed by atoms with E-state index < -0.39 is 11.4 Å². The van der Waals surface area contributed by atoms with Crippen molar-refractivity contribution in [2.45, 2.75) is 70.8 Å². The molecule has 0 amide bonds. The highest BCUT2D eigenvalue weighted by Gasteiger charge is 2.49. The summed E-state index contributed by atoms with van der Waals surface area (Å²) in [5.41, 5.74) is -0.548. The molecule has 1 spiro atoms. The van der Waals surface area contributed by atoms with Crippen LogP contribution in [0, 0.1) is 11.3 Å². The van der Waals surface area contributed by atoms with Crippen molar-refractivity contribution in [2.24, 2.45) is 11.3 Å². The van der Waals surface area contributed by atoms with Crippen molar-refractivity contribution in [3.63, 3.8) is 0 Å². The highest BCUT2D eigenvalue weighted by Crippen LogP contribution is 2.49. The SMILES string of the molecule is CCCCC(CC)(C(=O)O)C1CCOC2(CCSCC2)C1. The molecule has 0 aromatic rings. The molecule has 2 aliphatic rings. The van der Waals surface area contributed by atoms with E-state index in [1.807, 2.05) is 11.8 Å². The third kappa shape index (κ3) is 3.58. The summed E-state index contributed by atoms with van der Waals surface area (Å²) in [6, 6.07) is 0. The second-order valence-electron chi connectivity index (χ2n) is 6.75. The zero-order chi connectivity index (χ0) is 15.3. The summed E-state index contributed by atoms with van der Waals surface area (Å²) in [7, 11) is 0. The van der Waals surface area contributed by atoms with Crippen molar-refractivity contribution < 1.29 is 14.6 Å². The molecule has 122 valence electrons. The van der Waals surface area contributed by atoms with Crippen molar-refractivity contribution in [1.82, 2.24) is 0 Å². The molecule has 0 bridgehead atoms. The number of unbranched alkanes of at least 4 members (excludes halogenated alkanes) is 1. The van der Waals surface area contributed by atoms with Gasteiger partial charge in [-0.05, 0) is 55.9 Å². The Morgan fingerprint density at radius 3 is 2.67 bits per heavy atom. The zero-order valence-electron chi connectivity index (χ0n) is 13.5. The molecule has 21 heavy (non-hydrogen) atoms. The molecule has 2 aliphatic heterocycles. The summed E-state index contributed by atoms with van der Waals surface area (Å²) in [6.07, 6.45) is 7.72. The molecule has 2 rings (SSSR count). The smallest absolute Gasteiger partial charge is 0.309 e. The van der Waals surface area contributed by atoms with Crippen LogP contribution in [0.2, 0.25) is 0 Å². The lowest BCUT2D eigenvalue weighted by Gasteiger charge is -2.48. The molecule has 0 aliphatic carbocycles. The quantitative estimate of drug-likeness (QED) is 0.791. The van der Waals surface area contributed by atoms with Crippen molar-refractivity contribution in [3.8, 4) is 0 Å². The van der Waals surface area contributed by atoms with Crippen LogP contribution in [-0.2, 0) is 9.53 Å². The largest absolute Gasteiger partial charge is 0.481 e. The van der Waals surface area contributed by atoms with Gasteiger partial charge in [-0.2, -0.15) is 11.8 Å². The van der Waals surface area contributed by atoms with E-state index in [9.17, 15) is 9.90 Å². The lowest BCUT2D eigenvalue weighted by Crippen LogP contribution is -2.49. The van der Waals surface area contributed by atoms with Crippen LogP contribution in [0.5, 0.6) is 0 Å². The molecule has 3 nitrogen and oxygen atoms in total. The Balaban J connectivity index is 2.16. The predicted molar refractivity (Wildman–Crippen MR) is 87.9 cm³/mol. The summed E-state index contributed by atoms with van der Waals surface area (Å²) in [5.74, 6) is 2.02. The van der Waals surface area contributed by atoms with Gasteiger partial charge in [-0.25, -0.2) is 0 Å². The second kappa shape index (κ2) is 7.36. The highest BCUT2D eigenvalue weighted by atomic mass is 32.2. The summed E-state index contributed by atoms with van der Waals surface area (Å²) in [4.78, 5) is 12.1. The molecule has 0 saturated carbocycles. The van der Waals surface area contributed by atoms with Crippen molar-refractivity contribution >= 4 is 17.7 Å². The number of carboxylic acid groups (broad SMARTS) is 1. The number of thioether (sulfide) groups is 1. The van der Waals surface area contributed by atoms with Crippen LogP contribution >= 0.6 is 11.8 Å². The van der Waals surface area contributed by atoms with Gasteiger partial charge in [-0.3, -0.25) is 4.79 Å². The van der Waals surface area contributed by atoms with Gasteiger partial charge in [0.1, 0.15) is 0 Å². The molecule has 2 saturated heterocycles. The number of hydrogen-bond donors (Lipinski definition) is 1. The lowest BCUT2D eigenvalue weighted by molar-refractivity contribution is -0.166. The maximum atomic E-state index is 12.1. The summed E-state index contributed by atoms with van der Waals surface area (Å²) < 4.78 is 6.15. The first-order valence-electron chi connectivity index (χ1n) is 8.54. The zero-order valence-corrected chi connectivity index (χ0v) is 14.3. The summed E-state index contributed by atoms with van der Waals surface area (Å²) in [6.45, 7) is 4.95. The van der Waals surface area contributed by atoms with Crippen LogP contribution in [-0.4, -0.2) is 34.8 Å². The Hall–Kier alpha value is -0.220. The van der Waals surface area contributed by atoms with Gasteiger partial charge in [-0.15, -0.1) is 0 Å². The number of ether oxygens (including phenoxy) is 1. The predicted octanol–water partition coefficient (Wildman–Crippen LogP) is 4.35. The summed E-state index contributed by atoms with van der Waals surface area (Å²) >= 11 is 2.00. The normalized spacial score (nSPS) is 28.2. The molecule has 1 N–H and O–H groups in total. The Kier molecular flexibility index (Phi) is 6.01. The molecule has 2 unspecified atom stereocenters. The van der Waals surface area contributed by atoms with Gasteiger partial charge in [0.2, 0.25) is 0 Å². The molecule has 4 heteroatoms. The highest BCUT2D eigenvalue weighted by molar-refractivity contribution is 7.99. The minimum Gasteiger partial charge on any atom is -0.481 e. The van der Waals surface area contributed by atoms with E-state index in [0.29, 0.717) is 0 Å². The molecule has 2 fully saturated rings. The van der Waals surface area contributed by atoms with Gasteiger partial charge in [-0.1, -0.05) is 26.7 Å². The molecule has 0 aromatic carbocycles. The summed E-state index contributed by atoms with van der Waals surface area (Å²) in [5, 5.41) is 9.94. The molecular formula is C17H30O3S. The van der Waals surface area contributed by atoms with Gasteiger partial charge in [0, 0.05) is 6.61 Å². The fourth-order valence-corrected chi connectivity index (χ4v) is 5.42. The number of hydrogen-bond acceptors (Lipinski definition) is 3. The van der Waals surface area contributed by atoms with E-state index in [2.05, 4.69) is 13.8 Å². The fourth-order valence-electron chi connectivity index (χ4n) is 4.19. The number of carboxylic acids is 1. The molecule has 2 heterocycles. The third-order valence-electron chi connectivity index (χ3n) is 5.71. The Morgan fingerprint density at radius 1 is 1.38 bits per heavy atom. The monoisotopic (exact) mass is 314 g/mol. The van der Waals surface area contributed by atoms with Crippen molar-refractivity contribution in [1.29, 1.82) is 0 Å². The molecular weight excluding hydrogens is 284 g/mol. The van der Waals surface area contributed by atoms with Gasteiger partial charge in [0.25, 0.3) is 0 Å². The van der Waals surface area contributed by atoms with Gasteiger partial charge < -0.3 is 9.84 Å². The van der Waals surface area contributed by atoms with Gasteiger partial charge >= 0.3 is 5.97 Å². The number of rotatable bonds is 6. The van der Waals surface area contributed by atoms with Crippen molar-refractivity contribution in [2.75, 3.05) is 18.1 Å². The Labute approximate surface area is 133 Å². The average Bonchev–Trinajstić information content (AvgIpc) is 2.49. The van der Waals surface area contributed by atoms with E-state index in [-0.39, 0.29) is 11.5 Å². The van der Waals surface area contributed by atoms with E-state index in [1.54, 1.807) is 0 Å². The van der Waals surface area contributed by atoms with E-state index >= 15 is 0 Å². The minimum atomic E-state index is -0.578. The third-order valence-corrected chi connectivity index (χ3v) is 6.70. The molecule has 0 radical (unpaired) electrons. The Bertz CT molecular complexity index is 346. The van der Waals surface area contributed by atoms with Crippen LogP contribution in [0.4, 0.5) is 0 Å². The molecule has 0 aromatic heterocycles. The van der Waals surface area contributed by atoms with Crippen LogP contribution < -0.4 is 0 Å². The molecule has 2 atom stereocenters. The van der Waals surface area contributed by atoms with Gasteiger partial charge in [0.15, 0.2) is 0 Å². The maximum Gasteiger partial charge on any atom is 0.309 e. The number of carbonyl (C=O) groups is 1. The van der Waals surface area contributed by atoms with Crippen LogP contribution in [0.25, 0.3) is 0 Å². The second-order valence-corrected chi connectivity index (χ2v) is 7.98. The first-order chi connectivity index (χ1) is 10.1. The Morgan fingerprint density at radius 2 is 2.10 bits per heavy atom. The topological polar surface area (TPSA) is 46.5 Å². The first-order valence-corrected chi connectivity index (χ1v) is 9.69.